The maximum Gasteiger partial charge on any atom is 0.314 e. The van der Waals surface area contributed by atoms with Crippen LogP contribution in [0.25, 0.3) is 0 Å². The number of amides is 2. The molecule has 5 nitrogen and oxygen atoms in total. The molecule has 7 heteroatoms. The van der Waals surface area contributed by atoms with E-state index in [1.807, 2.05) is 30.3 Å². The van der Waals surface area contributed by atoms with Crippen LogP contribution in [0, 0.1) is 0 Å². The summed E-state index contributed by atoms with van der Waals surface area (Å²) < 4.78 is 0. The Balaban J connectivity index is 1.60. The number of rotatable bonds is 4. The molecule has 0 heterocycles. The van der Waals surface area contributed by atoms with E-state index in [1.54, 1.807) is 42.5 Å². The Labute approximate surface area is 166 Å². The van der Waals surface area contributed by atoms with Gasteiger partial charge in [0.05, 0.1) is 15.7 Å². The van der Waals surface area contributed by atoms with E-state index in [2.05, 4.69) is 16.0 Å². The Hall–Kier alpha value is -3.02. The first kappa shape index (κ1) is 18.8. The molecule has 0 fully saturated rings. The minimum absolute atomic E-state index is 0.177. The molecule has 0 aliphatic carbocycles. The molecule has 0 atom stereocenters. The van der Waals surface area contributed by atoms with Crippen molar-refractivity contribution in [3.05, 3.63) is 82.8 Å². The smallest absolute Gasteiger partial charge is 0.314 e. The Kier molecular flexibility index (Phi) is 5.96. The van der Waals surface area contributed by atoms with E-state index in [9.17, 15) is 9.59 Å². The van der Waals surface area contributed by atoms with Gasteiger partial charge in [0.1, 0.15) is 0 Å². The van der Waals surface area contributed by atoms with Crippen molar-refractivity contribution < 1.29 is 9.59 Å². The fourth-order valence-corrected chi connectivity index (χ4v) is 2.64. The van der Waals surface area contributed by atoms with E-state index in [-0.39, 0.29) is 15.7 Å². The highest BCUT2D eigenvalue weighted by molar-refractivity contribution is 6.47. The first-order chi connectivity index (χ1) is 13.0. The van der Waals surface area contributed by atoms with Crippen LogP contribution in [0.4, 0.5) is 22.7 Å². The predicted molar refractivity (Wildman–Crippen MR) is 110 cm³/mol. The normalized spacial score (nSPS) is 10.1. The van der Waals surface area contributed by atoms with Gasteiger partial charge in [0.2, 0.25) is 0 Å². The molecule has 3 N–H and O–H groups in total. The van der Waals surface area contributed by atoms with Gasteiger partial charge in [-0.05, 0) is 48.5 Å². The highest BCUT2D eigenvalue weighted by atomic mass is 35.5. The lowest BCUT2D eigenvalue weighted by Crippen LogP contribution is -2.29. The topological polar surface area (TPSA) is 70.2 Å². The van der Waals surface area contributed by atoms with Gasteiger partial charge >= 0.3 is 11.8 Å². The molecule has 0 unspecified atom stereocenters. The van der Waals surface area contributed by atoms with E-state index in [1.165, 1.54) is 0 Å². The van der Waals surface area contributed by atoms with Crippen LogP contribution in [0.15, 0.2) is 72.8 Å². The molecule has 0 saturated carbocycles. The first-order valence-electron chi connectivity index (χ1n) is 8.01. The predicted octanol–water partition coefficient (Wildman–Crippen LogP) is 5.31. The third-order valence-corrected chi connectivity index (χ3v) is 4.43. The average Bonchev–Trinajstić information content (AvgIpc) is 2.68. The average molecular weight is 400 g/mol. The lowest BCUT2D eigenvalue weighted by molar-refractivity contribution is -0.132. The molecule has 3 rings (SSSR count). The van der Waals surface area contributed by atoms with Crippen molar-refractivity contribution in [1.82, 2.24) is 0 Å². The number of benzene rings is 3. The summed E-state index contributed by atoms with van der Waals surface area (Å²) in [6, 6.07) is 21.5. The van der Waals surface area contributed by atoms with E-state index in [4.69, 9.17) is 23.2 Å². The Bertz CT molecular complexity index is 961. The van der Waals surface area contributed by atoms with Crippen LogP contribution >= 0.6 is 23.2 Å². The van der Waals surface area contributed by atoms with Gasteiger partial charge in [-0.2, -0.15) is 0 Å². The van der Waals surface area contributed by atoms with Crippen LogP contribution in [0.3, 0.4) is 0 Å². The molecule has 2 amide bonds. The van der Waals surface area contributed by atoms with Crippen LogP contribution < -0.4 is 16.0 Å². The third-order valence-electron chi connectivity index (χ3n) is 3.61. The van der Waals surface area contributed by atoms with Gasteiger partial charge in [0.25, 0.3) is 0 Å². The fraction of sp³-hybridized carbons (Fsp3) is 0. The highest BCUT2D eigenvalue weighted by Gasteiger charge is 2.16. The zero-order valence-electron chi connectivity index (χ0n) is 14.0. The Morgan fingerprint density at radius 2 is 1.22 bits per heavy atom. The zero-order valence-corrected chi connectivity index (χ0v) is 15.5. The van der Waals surface area contributed by atoms with E-state index in [0.717, 1.165) is 11.4 Å². The minimum Gasteiger partial charge on any atom is -0.356 e. The van der Waals surface area contributed by atoms with Gasteiger partial charge in [-0.15, -0.1) is 0 Å². The van der Waals surface area contributed by atoms with Gasteiger partial charge in [0, 0.05) is 17.1 Å². The van der Waals surface area contributed by atoms with Crippen molar-refractivity contribution in [1.29, 1.82) is 0 Å². The number of para-hydroxylation sites is 1. The van der Waals surface area contributed by atoms with Gasteiger partial charge in [-0.1, -0.05) is 47.5 Å². The molecule has 27 heavy (non-hydrogen) atoms. The number of hydrogen-bond acceptors (Lipinski definition) is 3. The van der Waals surface area contributed by atoms with Crippen molar-refractivity contribution in [2.24, 2.45) is 0 Å². The van der Waals surface area contributed by atoms with Crippen LogP contribution in [0.5, 0.6) is 0 Å². The Morgan fingerprint density at radius 3 is 1.93 bits per heavy atom. The molecular weight excluding hydrogens is 385 g/mol. The molecule has 0 aliphatic rings. The number of carbonyl (C=O) groups is 2. The summed E-state index contributed by atoms with van der Waals surface area (Å²) in [6.45, 7) is 0. The van der Waals surface area contributed by atoms with Gasteiger partial charge < -0.3 is 16.0 Å². The summed E-state index contributed by atoms with van der Waals surface area (Å²) in [6.07, 6.45) is 0. The van der Waals surface area contributed by atoms with Gasteiger partial charge in [-0.3, -0.25) is 9.59 Å². The SMILES string of the molecule is O=C(Nc1ccc(Nc2ccccc2)cc1)C(=O)Nc1cccc(Cl)c1Cl. The lowest BCUT2D eigenvalue weighted by Gasteiger charge is -2.10. The highest BCUT2D eigenvalue weighted by Crippen LogP contribution is 2.29. The summed E-state index contributed by atoms with van der Waals surface area (Å²) in [5.74, 6) is -1.65. The molecule has 3 aromatic carbocycles. The number of hydrogen-bond donors (Lipinski definition) is 3. The summed E-state index contributed by atoms with van der Waals surface area (Å²) in [4.78, 5) is 24.1. The molecule has 0 aromatic heterocycles. The molecule has 136 valence electrons. The van der Waals surface area contributed by atoms with E-state index >= 15 is 0 Å². The first-order valence-corrected chi connectivity index (χ1v) is 8.77. The zero-order chi connectivity index (χ0) is 19.2. The molecule has 0 spiro atoms. The fourth-order valence-electron chi connectivity index (χ4n) is 2.29. The van der Waals surface area contributed by atoms with Crippen molar-refractivity contribution in [2.45, 2.75) is 0 Å². The maximum atomic E-state index is 12.1. The number of nitrogens with one attached hydrogen (secondary N) is 3. The maximum absolute atomic E-state index is 12.1. The molecule has 0 aliphatic heterocycles. The van der Waals surface area contributed by atoms with Crippen molar-refractivity contribution in [3.63, 3.8) is 0 Å². The van der Waals surface area contributed by atoms with Crippen LogP contribution in [-0.4, -0.2) is 11.8 Å². The standard InChI is InChI=1S/C20H15Cl2N3O2/c21-16-7-4-8-17(18(16)22)25-20(27)19(26)24-15-11-9-14(10-12-15)23-13-5-2-1-3-6-13/h1-12,23H,(H,24,26)(H,25,27). The van der Waals surface area contributed by atoms with Crippen molar-refractivity contribution in [2.75, 3.05) is 16.0 Å². The molecule has 0 saturated heterocycles. The van der Waals surface area contributed by atoms with E-state index < -0.39 is 11.8 Å². The lowest BCUT2D eigenvalue weighted by atomic mass is 10.2. The summed E-state index contributed by atoms with van der Waals surface area (Å²) in [5.41, 5.74) is 2.57. The quantitative estimate of drug-likeness (QED) is 0.520. The molecule has 0 bridgehead atoms. The third kappa shape index (κ3) is 5.00. The second kappa shape index (κ2) is 8.58. The van der Waals surface area contributed by atoms with E-state index in [0.29, 0.717) is 5.69 Å². The molecular formula is C20H15Cl2N3O2. The second-order valence-corrected chi connectivity index (χ2v) is 6.36. The van der Waals surface area contributed by atoms with Crippen LogP contribution in [0.2, 0.25) is 10.0 Å². The number of carbonyl (C=O) groups excluding carboxylic acids is 2. The molecule has 0 radical (unpaired) electrons. The largest absolute Gasteiger partial charge is 0.356 e. The number of anilines is 4. The summed E-state index contributed by atoms with van der Waals surface area (Å²) >= 11 is 11.9. The second-order valence-electron chi connectivity index (χ2n) is 5.58. The summed E-state index contributed by atoms with van der Waals surface area (Å²) in [5, 5.41) is 8.67. The minimum atomic E-state index is -0.842. The van der Waals surface area contributed by atoms with Crippen LogP contribution in [0.1, 0.15) is 0 Å². The Morgan fingerprint density at radius 1 is 0.630 bits per heavy atom. The van der Waals surface area contributed by atoms with Gasteiger partial charge in [0.15, 0.2) is 0 Å². The monoisotopic (exact) mass is 399 g/mol. The number of halogens is 2. The van der Waals surface area contributed by atoms with Gasteiger partial charge in [-0.25, -0.2) is 0 Å². The van der Waals surface area contributed by atoms with Crippen LogP contribution in [-0.2, 0) is 9.59 Å². The van der Waals surface area contributed by atoms with Crippen molar-refractivity contribution in [3.8, 4) is 0 Å². The molecule has 3 aromatic rings. The summed E-state index contributed by atoms with van der Waals surface area (Å²) in [7, 11) is 0. The van der Waals surface area contributed by atoms with Crippen molar-refractivity contribution >= 4 is 57.8 Å².